The molecule has 142 valence electrons. The molecule has 1 fully saturated rings. The molecule has 1 saturated heterocycles. The summed E-state index contributed by atoms with van der Waals surface area (Å²) in [6.07, 6.45) is 6.75. The summed E-state index contributed by atoms with van der Waals surface area (Å²) >= 11 is 0. The monoisotopic (exact) mass is 375 g/mol. The number of nitrogens with two attached hydrogens (primary N) is 1. The van der Waals surface area contributed by atoms with Crippen LogP contribution in [0.2, 0.25) is 0 Å². The maximum absolute atomic E-state index is 12.9. The van der Waals surface area contributed by atoms with Gasteiger partial charge >= 0.3 is 0 Å². The van der Waals surface area contributed by atoms with Gasteiger partial charge in [-0.25, -0.2) is 9.97 Å². The second-order valence-electron chi connectivity index (χ2n) is 6.72. The fourth-order valence-corrected chi connectivity index (χ4v) is 3.39. The number of hydrogen-bond acceptors (Lipinski definition) is 6. The smallest absolute Gasteiger partial charge is 0.257 e. The summed E-state index contributed by atoms with van der Waals surface area (Å²) < 4.78 is 5.79. The highest BCUT2D eigenvalue weighted by atomic mass is 16.5. The van der Waals surface area contributed by atoms with E-state index in [-0.39, 0.29) is 17.6 Å². The largest absolute Gasteiger partial charge is 0.437 e. The predicted octanol–water partition coefficient (Wildman–Crippen LogP) is 3.27. The van der Waals surface area contributed by atoms with Crippen LogP contribution in [0.5, 0.6) is 11.6 Å². The second-order valence-corrected chi connectivity index (χ2v) is 6.72. The maximum atomic E-state index is 12.9. The van der Waals surface area contributed by atoms with Gasteiger partial charge in [0.05, 0.1) is 17.5 Å². The lowest BCUT2D eigenvalue weighted by atomic mass is 9.94. The summed E-state index contributed by atoms with van der Waals surface area (Å²) in [6, 6.07) is 12.9. The van der Waals surface area contributed by atoms with Crippen LogP contribution in [0.1, 0.15) is 34.8 Å². The molecular formula is C21H21N5O2. The van der Waals surface area contributed by atoms with Crippen LogP contribution in [0.25, 0.3) is 0 Å². The number of piperidine rings is 1. The van der Waals surface area contributed by atoms with E-state index in [9.17, 15) is 4.79 Å². The van der Waals surface area contributed by atoms with E-state index in [4.69, 9.17) is 10.5 Å². The van der Waals surface area contributed by atoms with Crippen molar-refractivity contribution in [2.45, 2.75) is 18.8 Å². The molecule has 1 amide bonds. The number of para-hydroxylation sites is 1. The Bertz CT molecular complexity index is 964. The van der Waals surface area contributed by atoms with Gasteiger partial charge in [0, 0.05) is 31.4 Å². The molecule has 0 aliphatic carbocycles. The molecule has 2 N–H and O–H groups in total. The molecule has 0 bridgehead atoms. The van der Waals surface area contributed by atoms with E-state index in [2.05, 4.69) is 15.0 Å². The Morgan fingerprint density at radius 1 is 1.14 bits per heavy atom. The van der Waals surface area contributed by atoms with Gasteiger partial charge in [0.2, 0.25) is 5.88 Å². The van der Waals surface area contributed by atoms with Crippen molar-refractivity contribution in [1.82, 2.24) is 19.9 Å². The molecule has 0 spiro atoms. The molecule has 0 saturated carbocycles. The number of nitrogens with zero attached hydrogens (tertiary/aromatic N) is 4. The summed E-state index contributed by atoms with van der Waals surface area (Å²) in [7, 11) is 0. The van der Waals surface area contributed by atoms with E-state index in [1.54, 1.807) is 30.7 Å². The zero-order chi connectivity index (χ0) is 19.3. The lowest BCUT2D eigenvalue weighted by Crippen LogP contribution is -2.39. The fraction of sp³-hybridized carbons (Fsp3) is 0.238. The molecule has 1 aliphatic heterocycles. The molecule has 1 aliphatic rings. The van der Waals surface area contributed by atoms with Crippen LogP contribution < -0.4 is 10.5 Å². The van der Waals surface area contributed by atoms with E-state index in [0.717, 1.165) is 18.5 Å². The Labute approximate surface area is 163 Å². The van der Waals surface area contributed by atoms with E-state index < -0.39 is 0 Å². The third-order valence-corrected chi connectivity index (χ3v) is 4.79. The van der Waals surface area contributed by atoms with Crippen molar-refractivity contribution in [2.75, 3.05) is 18.8 Å². The van der Waals surface area contributed by atoms with Crippen LogP contribution >= 0.6 is 0 Å². The Kier molecular flexibility index (Phi) is 5.14. The number of amides is 1. The SMILES string of the molecule is Nc1ncccc1C(=O)N1CCCC(c2cncc(Oc3ccccc3)n2)C1. The van der Waals surface area contributed by atoms with Crippen LogP contribution in [0.3, 0.4) is 0 Å². The van der Waals surface area contributed by atoms with Gasteiger partial charge in [-0.3, -0.25) is 9.78 Å². The second kappa shape index (κ2) is 8.04. The van der Waals surface area contributed by atoms with Crippen molar-refractivity contribution in [1.29, 1.82) is 0 Å². The minimum atomic E-state index is -0.0973. The molecule has 0 radical (unpaired) electrons. The van der Waals surface area contributed by atoms with Crippen LogP contribution in [-0.4, -0.2) is 38.8 Å². The zero-order valence-corrected chi connectivity index (χ0v) is 15.4. The lowest BCUT2D eigenvalue weighted by molar-refractivity contribution is 0.0706. The van der Waals surface area contributed by atoms with Gasteiger partial charge in [-0.1, -0.05) is 18.2 Å². The van der Waals surface area contributed by atoms with Gasteiger partial charge in [0.1, 0.15) is 11.6 Å². The Balaban J connectivity index is 1.49. The molecule has 1 unspecified atom stereocenters. The van der Waals surface area contributed by atoms with Crippen molar-refractivity contribution in [3.63, 3.8) is 0 Å². The number of pyridine rings is 1. The number of hydrogen-bond donors (Lipinski definition) is 1. The number of ether oxygens (including phenoxy) is 1. The third-order valence-electron chi connectivity index (χ3n) is 4.79. The summed E-state index contributed by atoms with van der Waals surface area (Å²) in [5.74, 6) is 1.42. The van der Waals surface area contributed by atoms with Gasteiger partial charge in [-0.05, 0) is 37.1 Å². The van der Waals surface area contributed by atoms with Gasteiger partial charge in [-0.15, -0.1) is 0 Å². The van der Waals surface area contributed by atoms with Crippen molar-refractivity contribution in [3.05, 3.63) is 72.3 Å². The van der Waals surface area contributed by atoms with Gasteiger partial charge in [0.15, 0.2) is 0 Å². The number of carbonyl (C=O) groups is 1. The Hall–Kier alpha value is -3.48. The van der Waals surface area contributed by atoms with Gasteiger partial charge in [-0.2, -0.15) is 0 Å². The average molecular weight is 375 g/mol. The molecule has 28 heavy (non-hydrogen) atoms. The van der Waals surface area contributed by atoms with Gasteiger partial charge < -0.3 is 15.4 Å². The minimum Gasteiger partial charge on any atom is -0.437 e. The van der Waals surface area contributed by atoms with Crippen molar-refractivity contribution in [3.8, 4) is 11.6 Å². The number of anilines is 1. The van der Waals surface area contributed by atoms with Crippen LogP contribution in [0, 0.1) is 0 Å². The normalized spacial score (nSPS) is 16.6. The molecule has 1 aromatic carbocycles. The first-order valence-electron chi connectivity index (χ1n) is 9.25. The van der Waals surface area contributed by atoms with Crippen LogP contribution in [0.15, 0.2) is 61.1 Å². The number of benzene rings is 1. The number of nitrogen functional groups attached to an aromatic ring is 1. The first-order valence-corrected chi connectivity index (χ1v) is 9.25. The van der Waals surface area contributed by atoms with Crippen molar-refractivity contribution >= 4 is 11.7 Å². The van der Waals surface area contributed by atoms with E-state index in [1.807, 2.05) is 35.2 Å². The predicted molar refractivity (Wildman–Crippen MR) is 105 cm³/mol. The third kappa shape index (κ3) is 3.93. The summed E-state index contributed by atoms with van der Waals surface area (Å²) in [4.78, 5) is 27.6. The molecule has 3 heterocycles. The summed E-state index contributed by atoms with van der Waals surface area (Å²) in [5, 5.41) is 0. The molecule has 4 rings (SSSR count). The standard InChI is InChI=1S/C21H21N5O2/c22-20-17(9-4-10-24-20)21(27)26-11-5-6-15(14-26)18-12-23-13-19(25-18)28-16-7-2-1-3-8-16/h1-4,7-10,12-13,15H,5-6,11,14H2,(H2,22,24). The quantitative estimate of drug-likeness (QED) is 0.752. The highest BCUT2D eigenvalue weighted by Crippen LogP contribution is 2.28. The van der Waals surface area contributed by atoms with E-state index in [1.165, 1.54) is 0 Å². The number of rotatable bonds is 4. The Morgan fingerprint density at radius 2 is 2.00 bits per heavy atom. The van der Waals surface area contributed by atoms with Crippen molar-refractivity contribution in [2.24, 2.45) is 0 Å². The molecule has 7 nitrogen and oxygen atoms in total. The van der Waals surface area contributed by atoms with E-state index >= 15 is 0 Å². The lowest BCUT2D eigenvalue weighted by Gasteiger charge is -2.32. The number of likely N-dealkylation sites (tertiary alicyclic amines) is 1. The molecule has 7 heteroatoms. The average Bonchev–Trinajstić information content (AvgIpc) is 2.75. The topological polar surface area (TPSA) is 94.2 Å². The van der Waals surface area contributed by atoms with Crippen LogP contribution in [-0.2, 0) is 0 Å². The molecule has 1 atom stereocenters. The summed E-state index contributed by atoms with van der Waals surface area (Å²) in [6.45, 7) is 1.26. The first-order chi connectivity index (χ1) is 13.7. The maximum Gasteiger partial charge on any atom is 0.257 e. The highest BCUT2D eigenvalue weighted by molar-refractivity contribution is 5.98. The minimum absolute atomic E-state index is 0.0973. The van der Waals surface area contributed by atoms with Crippen LogP contribution in [0.4, 0.5) is 5.82 Å². The number of aromatic nitrogens is 3. The molecule has 3 aromatic rings. The highest BCUT2D eigenvalue weighted by Gasteiger charge is 2.27. The molecule has 2 aromatic heterocycles. The van der Waals surface area contributed by atoms with E-state index in [0.29, 0.717) is 30.3 Å². The molecular weight excluding hydrogens is 354 g/mol. The summed E-state index contributed by atoms with van der Waals surface area (Å²) in [5.41, 5.74) is 7.13. The van der Waals surface area contributed by atoms with Gasteiger partial charge in [0.25, 0.3) is 5.91 Å². The fourth-order valence-electron chi connectivity index (χ4n) is 3.39. The zero-order valence-electron chi connectivity index (χ0n) is 15.4. The first kappa shape index (κ1) is 17.9. The number of carbonyl (C=O) groups excluding carboxylic acids is 1. The Morgan fingerprint density at radius 3 is 2.82 bits per heavy atom. The van der Waals surface area contributed by atoms with Crippen molar-refractivity contribution < 1.29 is 9.53 Å².